The molecule has 1 spiro atoms. The first-order valence-corrected chi connectivity index (χ1v) is 7.72. The molecule has 2 saturated heterocycles. The molecule has 0 unspecified atom stereocenters. The zero-order valence-electron chi connectivity index (χ0n) is 13.3. The Morgan fingerprint density at radius 1 is 1.32 bits per heavy atom. The molecule has 2 fully saturated rings. The molecule has 0 N–H and O–H groups in total. The van der Waals surface area contributed by atoms with Crippen molar-refractivity contribution in [3.05, 3.63) is 30.6 Å². The van der Waals surface area contributed by atoms with Crippen LogP contribution in [-0.4, -0.2) is 71.0 Å². The lowest BCUT2D eigenvalue weighted by Gasteiger charge is -2.46. The van der Waals surface area contributed by atoms with E-state index >= 15 is 0 Å². The molecule has 22 heavy (non-hydrogen) atoms. The third-order valence-electron chi connectivity index (χ3n) is 4.70. The molecule has 3 heterocycles. The second-order valence-corrected chi connectivity index (χ2v) is 6.22. The van der Waals surface area contributed by atoms with Crippen molar-refractivity contribution >= 4 is 11.9 Å². The molecule has 3 rings (SSSR count). The third-order valence-corrected chi connectivity index (χ3v) is 4.70. The van der Waals surface area contributed by atoms with Gasteiger partial charge in [-0.2, -0.15) is 0 Å². The maximum atomic E-state index is 12.8. The van der Waals surface area contributed by atoms with Gasteiger partial charge in [0.05, 0.1) is 0 Å². The number of carbonyl (C=O) groups is 1. The fourth-order valence-electron chi connectivity index (χ4n) is 3.44. The van der Waals surface area contributed by atoms with Gasteiger partial charge in [0.15, 0.2) is 0 Å². The maximum absolute atomic E-state index is 12.8. The Labute approximate surface area is 131 Å². The summed E-state index contributed by atoms with van der Waals surface area (Å²) in [6.07, 6.45) is 6.33. The second-order valence-electron chi connectivity index (χ2n) is 6.22. The van der Waals surface area contributed by atoms with Gasteiger partial charge < -0.3 is 9.80 Å². The second kappa shape index (κ2) is 5.68. The van der Waals surface area contributed by atoms with E-state index in [1.165, 1.54) is 0 Å². The molecular formula is C16H23N5O. The van der Waals surface area contributed by atoms with Crippen LogP contribution < -0.4 is 4.90 Å². The average Bonchev–Trinajstić information content (AvgIpc) is 2.95. The first kappa shape index (κ1) is 15.0. The Bertz CT molecular complexity index is 572. The van der Waals surface area contributed by atoms with Crippen molar-refractivity contribution in [2.45, 2.75) is 18.9 Å². The highest BCUT2D eigenvalue weighted by Crippen LogP contribution is 2.33. The number of nitrogens with zero attached hydrogens (tertiary/aromatic N) is 5. The number of rotatable bonds is 3. The number of likely N-dealkylation sites (N-methyl/N-ethyl adjacent to an activating group) is 1. The summed E-state index contributed by atoms with van der Waals surface area (Å²) in [5.74, 6) is 0.914. The number of piperazine rings is 1. The number of amides is 1. The first-order chi connectivity index (χ1) is 10.6. The van der Waals surface area contributed by atoms with Crippen molar-refractivity contribution in [3.8, 4) is 0 Å². The van der Waals surface area contributed by atoms with Crippen molar-refractivity contribution < 1.29 is 4.79 Å². The van der Waals surface area contributed by atoms with Gasteiger partial charge in [-0.05, 0) is 18.9 Å². The van der Waals surface area contributed by atoms with Crippen LogP contribution in [0.25, 0.3) is 0 Å². The molecule has 0 bridgehead atoms. The normalized spacial score (nSPS) is 26.0. The van der Waals surface area contributed by atoms with E-state index in [4.69, 9.17) is 0 Å². The molecule has 118 valence electrons. The van der Waals surface area contributed by atoms with E-state index in [1.54, 1.807) is 0 Å². The van der Waals surface area contributed by atoms with Gasteiger partial charge >= 0.3 is 0 Å². The Morgan fingerprint density at radius 3 is 2.73 bits per heavy atom. The molecule has 0 radical (unpaired) electrons. The van der Waals surface area contributed by atoms with Crippen molar-refractivity contribution in [1.82, 2.24) is 19.8 Å². The highest BCUT2D eigenvalue weighted by Gasteiger charge is 2.52. The summed E-state index contributed by atoms with van der Waals surface area (Å²) in [5.41, 5.74) is 0.578. The van der Waals surface area contributed by atoms with Gasteiger partial charge in [-0.1, -0.05) is 6.08 Å². The van der Waals surface area contributed by atoms with E-state index in [1.807, 2.05) is 37.3 Å². The number of carbonyl (C=O) groups excluding carboxylic acids is 1. The van der Waals surface area contributed by atoms with Crippen LogP contribution in [0.4, 0.5) is 5.95 Å². The molecule has 0 saturated carbocycles. The Balaban J connectivity index is 1.86. The van der Waals surface area contributed by atoms with Crippen LogP contribution in [0.2, 0.25) is 0 Å². The van der Waals surface area contributed by atoms with Gasteiger partial charge in [-0.15, -0.1) is 6.58 Å². The van der Waals surface area contributed by atoms with Crippen molar-refractivity contribution in [3.63, 3.8) is 0 Å². The number of aromatic nitrogens is 2. The van der Waals surface area contributed by atoms with Crippen LogP contribution in [0.15, 0.2) is 25.0 Å². The van der Waals surface area contributed by atoms with Crippen LogP contribution >= 0.6 is 0 Å². The van der Waals surface area contributed by atoms with Crippen LogP contribution in [-0.2, 0) is 4.79 Å². The number of hydrogen-bond acceptors (Lipinski definition) is 5. The van der Waals surface area contributed by atoms with Gasteiger partial charge in [-0.3, -0.25) is 9.69 Å². The molecule has 6 heteroatoms. The van der Waals surface area contributed by atoms with Gasteiger partial charge in [0.2, 0.25) is 11.9 Å². The molecule has 0 aromatic carbocycles. The minimum atomic E-state index is -0.463. The molecule has 2 aliphatic heterocycles. The van der Waals surface area contributed by atoms with Crippen LogP contribution in [0.5, 0.6) is 0 Å². The fraction of sp³-hybridized carbons (Fsp3) is 0.562. The molecular weight excluding hydrogens is 278 g/mol. The predicted octanol–water partition coefficient (Wildman–Crippen LogP) is 0.694. The molecule has 6 nitrogen and oxygen atoms in total. The van der Waals surface area contributed by atoms with Gasteiger partial charge in [0.1, 0.15) is 5.54 Å². The zero-order valence-corrected chi connectivity index (χ0v) is 13.3. The predicted molar refractivity (Wildman–Crippen MR) is 85.7 cm³/mol. The third kappa shape index (κ3) is 2.37. The van der Waals surface area contributed by atoms with Crippen LogP contribution in [0.3, 0.4) is 0 Å². The summed E-state index contributed by atoms with van der Waals surface area (Å²) in [4.78, 5) is 27.9. The molecule has 1 atom stereocenters. The molecule has 0 aliphatic carbocycles. The molecule has 1 aromatic rings. The highest BCUT2D eigenvalue weighted by molar-refractivity contribution is 5.88. The van der Waals surface area contributed by atoms with E-state index in [0.717, 1.165) is 38.2 Å². The molecule has 1 aromatic heterocycles. The lowest BCUT2D eigenvalue weighted by Crippen LogP contribution is -2.66. The minimum Gasteiger partial charge on any atom is -0.343 e. The van der Waals surface area contributed by atoms with E-state index in [-0.39, 0.29) is 5.91 Å². The summed E-state index contributed by atoms with van der Waals surface area (Å²) >= 11 is 0. The lowest BCUT2D eigenvalue weighted by molar-refractivity contribution is -0.147. The number of anilines is 1. The Morgan fingerprint density at radius 2 is 2.05 bits per heavy atom. The van der Waals surface area contributed by atoms with Gasteiger partial charge in [0.25, 0.3) is 0 Å². The van der Waals surface area contributed by atoms with Gasteiger partial charge in [0, 0.05) is 52.2 Å². The Kier molecular flexibility index (Phi) is 3.87. The minimum absolute atomic E-state index is 0.204. The molecule has 2 aliphatic rings. The summed E-state index contributed by atoms with van der Waals surface area (Å²) in [6.45, 7) is 9.65. The van der Waals surface area contributed by atoms with Crippen molar-refractivity contribution in [2.24, 2.45) is 0 Å². The quantitative estimate of drug-likeness (QED) is 0.769. The van der Waals surface area contributed by atoms with Crippen LogP contribution in [0.1, 0.15) is 12.0 Å². The smallest absolute Gasteiger partial charge is 0.244 e. The summed E-state index contributed by atoms with van der Waals surface area (Å²) in [7, 11) is 1.89. The largest absolute Gasteiger partial charge is 0.343 e. The van der Waals surface area contributed by atoms with E-state index in [2.05, 4.69) is 26.3 Å². The summed E-state index contributed by atoms with van der Waals surface area (Å²) in [6, 6.07) is 0. The number of hydrogen-bond donors (Lipinski definition) is 0. The molecule has 1 amide bonds. The topological polar surface area (TPSA) is 52.6 Å². The monoisotopic (exact) mass is 301 g/mol. The van der Waals surface area contributed by atoms with Gasteiger partial charge in [-0.25, -0.2) is 9.97 Å². The Hall–Kier alpha value is -1.95. The van der Waals surface area contributed by atoms with E-state index in [0.29, 0.717) is 12.5 Å². The first-order valence-electron chi connectivity index (χ1n) is 7.72. The summed E-state index contributed by atoms with van der Waals surface area (Å²) < 4.78 is 0. The highest BCUT2D eigenvalue weighted by atomic mass is 16.2. The van der Waals surface area contributed by atoms with Crippen LogP contribution in [0, 0.1) is 6.92 Å². The average molecular weight is 301 g/mol. The van der Waals surface area contributed by atoms with E-state index < -0.39 is 5.54 Å². The van der Waals surface area contributed by atoms with Crippen molar-refractivity contribution in [2.75, 3.05) is 44.7 Å². The summed E-state index contributed by atoms with van der Waals surface area (Å²) in [5, 5.41) is 0. The zero-order chi connectivity index (χ0) is 15.7. The maximum Gasteiger partial charge on any atom is 0.244 e. The standard InChI is InChI=1S/C16H23N5O/c1-4-6-21-9-8-19(3)14(22)16(21)5-7-20(12-16)15-17-10-13(2)11-18-15/h4,10-11H,1,5-9,12H2,2-3H3/t16-/m0/s1. The lowest BCUT2D eigenvalue weighted by atomic mass is 9.91. The SMILES string of the molecule is C=CCN1CCN(C)C(=O)[C@@]12CCN(c1ncc(C)cn1)C2. The van der Waals surface area contributed by atoms with E-state index in [9.17, 15) is 4.79 Å². The van der Waals surface area contributed by atoms with Crippen molar-refractivity contribution in [1.29, 1.82) is 0 Å². The fourth-order valence-corrected chi connectivity index (χ4v) is 3.44. The number of aryl methyl sites for hydroxylation is 1.